The molecule has 2 N–H and O–H groups in total. The molecule has 1 atom stereocenters. The summed E-state index contributed by atoms with van der Waals surface area (Å²) in [4.78, 5) is 23.3. The Hall–Kier alpha value is -1.26. The largest absolute Gasteiger partial charge is 0.465 e. The molecule has 1 rings (SSSR count). The third-order valence-electron chi connectivity index (χ3n) is 2.25. The van der Waals surface area contributed by atoms with Gasteiger partial charge in [-0.25, -0.2) is 4.79 Å². The van der Waals surface area contributed by atoms with Crippen molar-refractivity contribution in [3.8, 4) is 0 Å². The van der Waals surface area contributed by atoms with Gasteiger partial charge in [0, 0.05) is 18.5 Å². The van der Waals surface area contributed by atoms with Gasteiger partial charge in [0.1, 0.15) is 0 Å². The van der Waals surface area contributed by atoms with Crippen LogP contribution in [0.5, 0.6) is 0 Å². The van der Waals surface area contributed by atoms with Crippen LogP contribution in [0.4, 0.5) is 4.79 Å². The van der Waals surface area contributed by atoms with E-state index in [0.29, 0.717) is 6.54 Å². The first-order valence-corrected chi connectivity index (χ1v) is 4.61. The van der Waals surface area contributed by atoms with Crippen LogP contribution in [-0.4, -0.2) is 40.1 Å². The Balaban J connectivity index is 2.79. The van der Waals surface area contributed by atoms with Gasteiger partial charge in [0.15, 0.2) is 0 Å². The second-order valence-electron chi connectivity index (χ2n) is 4.49. The van der Waals surface area contributed by atoms with Crippen molar-refractivity contribution in [3.63, 3.8) is 0 Å². The summed E-state index contributed by atoms with van der Waals surface area (Å²) in [7, 11) is 0. The van der Waals surface area contributed by atoms with Crippen LogP contribution in [0.2, 0.25) is 0 Å². The molecule has 0 aromatic rings. The summed E-state index contributed by atoms with van der Waals surface area (Å²) < 4.78 is 0. The minimum Gasteiger partial charge on any atom is -0.465 e. The highest BCUT2D eigenvalue weighted by molar-refractivity contribution is 5.80. The van der Waals surface area contributed by atoms with E-state index in [-0.39, 0.29) is 18.4 Å². The first-order valence-electron chi connectivity index (χ1n) is 4.61. The van der Waals surface area contributed by atoms with Crippen molar-refractivity contribution >= 4 is 12.0 Å². The fourth-order valence-electron chi connectivity index (χ4n) is 1.76. The molecule has 1 aliphatic heterocycles. The van der Waals surface area contributed by atoms with Crippen molar-refractivity contribution in [3.05, 3.63) is 0 Å². The molecule has 0 unspecified atom stereocenters. The van der Waals surface area contributed by atoms with Gasteiger partial charge in [0.2, 0.25) is 5.91 Å². The fourth-order valence-corrected chi connectivity index (χ4v) is 1.76. The van der Waals surface area contributed by atoms with Gasteiger partial charge in [-0.3, -0.25) is 9.69 Å². The maximum Gasteiger partial charge on any atom is 0.408 e. The molecule has 1 fully saturated rings. The van der Waals surface area contributed by atoms with Gasteiger partial charge in [-0.05, 0) is 20.8 Å². The number of carbonyl (C=O) groups excluding carboxylic acids is 1. The van der Waals surface area contributed by atoms with E-state index in [9.17, 15) is 9.59 Å². The number of carboxylic acid groups (broad SMARTS) is 1. The quantitative estimate of drug-likeness (QED) is 0.653. The number of hydrogen-bond donors (Lipinski definition) is 2. The molecule has 5 nitrogen and oxygen atoms in total. The van der Waals surface area contributed by atoms with E-state index in [4.69, 9.17) is 5.11 Å². The standard InChI is InChI=1S/C9H16N2O3/c1-9(2,3)11(8(13)14)6-4-7(12)10-5-6/h6H,4-5H2,1-3H3,(H,10,12)(H,13,14)/t6-/m0/s1. The lowest BCUT2D eigenvalue weighted by molar-refractivity contribution is -0.119. The number of amides is 2. The van der Waals surface area contributed by atoms with Crippen LogP contribution in [0.1, 0.15) is 27.2 Å². The molecule has 0 aromatic heterocycles. The molecule has 1 aliphatic rings. The number of carbonyl (C=O) groups is 2. The second kappa shape index (κ2) is 3.48. The molecular formula is C9H16N2O3. The average Bonchev–Trinajstić information content (AvgIpc) is 2.31. The van der Waals surface area contributed by atoms with Crippen LogP contribution < -0.4 is 5.32 Å². The third-order valence-corrected chi connectivity index (χ3v) is 2.25. The minimum absolute atomic E-state index is 0.0782. The molecule has 80 valence electrons. The molecular weight excluding hydrogens is 184 g/mol. The highest BCUT2D eigenvalue weighted by Crippen LogP contribution is 2.21. The average molecular weight is 200 g/mol. The van der Waals surface area contributed by atoms with Gasteiger partial charge in [-0.15, -0.1) is 0 Å². The Bertz CT molecular complexity index is 257. The highest BCUT2D eigenvalue weighted by Gasteiger charge is 2.37. The molecule has 2 amide bonds. The summed E-state index contributed by atoms with van der Waals surface area (Å²) in [5.74, 6) is -0.0782. The van der Waals surface area contributed by atoms with Crippen molar-refractivity contribution in [2.24, 2.45) is 0 Å². The van der Waals surface area contributed by atoms with E-state index >= 15 is 0 Å². The zero-order chi connectivity index (χ0) is 10.9. The fraction of sp³-hybridized carbons (Fsp3) is 0.778. The van der Waals surface area contributed by atoms with Gasteiger partial charge in [0.25, 0.3) is 0 Å². The van der Waals surface area contributed by atoms with Gasteiger partial charge in [0.05, 0.1) is 6.04 Å². The first kappa shape index (κ1) is 10.8. The molecule has 0 saturated carbocycles. The Morgan fingerprint density at radius 2 is 2.14 bits per heavy atom. The summed E-state index contributed by atoms with van der Waals surface area (Å²) in [6.07, 6.45) is -0.706. The van der Waals surface area contributed by atoms with Crippen molar-refractivity contribution in [1.29, 1.82) is 0 Å². The Morgan fingerprint density at radius 3 is 2.43 bits per heavy atom. The van der Waals surface area contributed by atoms with E-state index in [2.05, 4.69) is 5.32 Å². The molecule has 0 spiro atoms. The topological polar surface area (TPSA) is 69.6 Å². The molecule has 1 saturated heterocycles. The summed E-state index contributed by atoms with van der Waals surface area (Å²) in [6.45, 7) is 5.89. The zero-order valence-corrected chi connectivity index (χ0v) is 8.70. The van der Waals surface area contributed by atoms with Crippen LogP contribution in [0, 0.1) is 0 Å². The van der Waals surface area contributed by atoms with Crippen LogP contribution in [0.25, 0.3) is 0 Å². The maximum atomic E-state index is 11.0. The molecule has 0 aliphatic carbocycles. The molecule has 5 heteroatoms. The van der Waals surface area contributed by atoms with Crippen molar-refractivity contribution in [1.82, 2.24) is 10.2 Å². The molecule has 0 bridgehead atoms. The zero-order valence-electron chi connectivity index (χ0n) is 8.70. The summed E-state index contributed by atoms with van der Waals surface area (Å²) in [5, 5.41) is 11.7. The lowest BCUT2D eigenvalue weighted by Gasteiger charge is -2.37. The third kappa shape index (κ3) is 2.16. The van der Waals surface area contributed by atoms with Crippen molar-refractivity contribution in [2.75, 3.05) is 6.54 Å². The maximum absolute atomic E-state index is 11.0. The number of rotatable bonds is 1. The number of nitrogens with zero attached hydrogens (tertiary/aromatic N) is 1. The Labute approximate surface area is 83.1 Å². The van der Waals surface area contributed by atoms with Crippen LogP contribution in [0.15, 0.2) is 0 Å². The van der Waals surface area contributed by atoms with Crippen molar-refractivity contribution in [2.45, 2.75) is 38.8 Å². The van der Waals surface area contributed by atoms with Gasteiger partial charge in [-0.2, -0.15) is 0 Å². The molecule has 14 heavy (non-hydrogen) atoms. The summed E-state index contributed by atoms with van der Waals surface area (Å²) >= 11 is 0. The van der Waals surface area contributed by atoms with E-state index in [0.717, 1.165) is 0 Å². The number of nitrogens with one attached hydrogen (secondary N) is 1. The van der Waals surface area contributed by atoms with Crippen LogP contribution in [-0.2, 0) is 4.79 Å². The normalized spacial score (nSPS) is 21.9. The Kier molecular flexibility index (Phi) is 2.69. The smallest absolute Gasteiger partial charge is 0.408 e. The first-order chi connectivity index (χ1) is 6.32. The predicted molar refractivity (Wildman–Crippen MR) is 51.0 cm³/mol. The second-order valence-corrected chi connectivity index (χ2v) is 4.49. The van der Waals surface area contributed by atoms with Crippen LogP contribution >= 0.6 is 0 Å². The lowest BCUT2D eigenvalue weighted by atomic mass is 10.0. The van der Waals surface area contributed by atoms with Crippen LogP contribution in [0.3, 0.4) is 0 Å². The highest BCUT2D eigenvalue weighted by atomic mass is 16.4. The SMILES string of the molecule is CC(C)(C)N(C(=O)O)[C@@H]1CNC(=O)C1. The summed E-state index contributed by atoms with van der Waals surface area (Å²) in [5.41, 5.74) is -0.469. The van der Waals surface area contributed by atoms with Gasteiger partial charge in [-0.1, -0.05) is 0 Å². The van der Waals surface area contributed by atoms with Gasteiger partial charge < -0.3 is 10.4 Å². The lowest BCUT2D eigenvalue weighted by Crippen LogP contribution is -2.51. The monoisotopic (exact) mass is 200 g/mol. The Morgan fingerprint density at radius 1 is 1.57 bits per heavy atom. The summed E-state index contributed by atoms with van der Waals surface area (Å²) in [6, 6.07) is -0.236. The van der Waals surface area contributed by atoms with E-state index < -0.39 is 11.6 Å². The predicted octanol–water partition coefficient (Wildman–Crippen LogP) is 0.653. The van der Waals surface area contributed by atoms with E-state index in [1.807, 2.05) is 20.8 Å². The molecule has 0 radical (unpaired) electrons. The minimum atomic E-state index is -0.973. The van der Waals surface area contributed by atoms with E-state index in [1.54, 1.807) is 0 Å². The van der Waals surface area contributed by atoms with E-state index in [1.165, 1.54) is 4.90 Å². The molecule has 1 heterocycles. The van der Waals surface area contributed by atoms with Crippen molar-refractivity contribution < 1.29 is 14.7 Å². The number of hydrogen-bond acceptors (Lipinski definition) is 2. The molecule has 0 aromatic carbocycles. The van der Waals surface area contributed by atoms with Gasteiger partial charge >= 0.3 is 6.09 Å².